The molecule has 0 heterocycles. The van der Waals surface area contributed by atoms with E-state index in [1.807, 2.05) is 0 Å². The first-order chi connectivity index (χ1) is 7.15. The summed E-state index contributed by atoms with van der Waals surface area (Å²) in [5, 5.41) is 0. The second-order valence-electron chi connectivity index (χ2n) is 3.34. The number of carbonyl (C=O) groups is 1. The van der Waals surface area contributed by atoms with E-state index in [0.717, 1.165) is 0 Å². The molecule has 0 saturated heterocycles. The van der Waals surface area contributed by atoms with E-state index in [-0.39, 0.29) is 18.3 Å². The van der Waals surface area contributed by atoms with Crippen molar-refractivity contribution in [2.24, 2.45) is 0 Å². The number of nitrogens with zero attached hydrogens (tertiary/aromatic N) is 1. The molecule has 1 rings (SSSR count). The second-order valence-corrected chi connectivity index (χ2v) is 3.34. The zero-order valence-corrected chi connectivity index (χ0v) is 10.3. The third kappa shape index (κ3) is 4.08. The highest BCUT2D eigenvalue weighted by atomic mass is 35.5. The predicted molar refractivity (Wildman–Crippen MR) is 66.9 cm³/mol. The van der Waals surface area contributed by atoms with E-state index < -0.39 is 0 Å². The van der Waals surface area contributed by atoms with Crippen LogP contribution in [-0.4, -0.2) is 38.1 Å². The van der Waals surface area contributed by atoms with Crippen LogP contribution < -0.4 is 5.73 Å². The van der Waals surface area contributed by atoms with Crippen molar-refractivity contribution in [2.75, 3.05) is 33.0 Å². The van der Waals surface area contributed by atoms with E-state index in [1.54, 1.807) is 43.3 Å². The molecule has 0 unspecified atom stereocenters. The average molecular weight is 245 g/mol. The van der Waals surface area contributed by atoms with Gasteiger partial charge in [0.1, 0.15) is 0 Å². The van der Waals surface area contributed by atoms with Crippen molar-refractivity contribution < 1.29 is 9.53 Å². The van der Waals surface area contributed by atoms with E-state index in [4.69, 9.17) is 10.5 Å². The predicted octanol–water partition coefficient (Wildman–Crippen LogP) is 1.41. The number of ether oxygens (including phenoxy) is 1. The molecule has 4 nitrogen and oxygen atoms in total. The molecule has 0 spiro atoms. The molecule has 16 heavy (non-hydrogen) atoms. The second kappa shape index (κ2) is 7.09. The van der Waals surface area contributed by atoms with Gasteiger partial charge in [-0.25, -0.2) is 0 Å². The van der Waals surface area contributed by atoms with Crippen molar-refractivity contribution in [3.8, 4) is 0 Å². The number of likely N-dealkylation sites (N-methyl/N-ethyl adjacent to an activating group) is 1. The van der Waals surface area contributed by atoms with Crippen LogP contribution in [0, 0.1) is 0 Å². The van der Waals surface area contributed by atoms with Gasteiger partial charge in [-0.3, -0.25) is 4.79 Å². The Morgan fingerprint density at radius 2 is 1.94 bits per heavy atom. The van der Waals surface area contributed by atoms with Crippen molar-refractivity contribution in [2.45, 2.75) is 0 Å². The summed E-state index contributed by atoms with van der Waals surface area (Å²) in [5.74, 6) is -0.0212. The van der Waals surface area contributed by atoms with E-state index >= 15 is 0 Å². The highest BCUT2D eigenvalue weighted by Crippen LogP contribution is 2.07. The number of nitrogens with two attached hydrogens (primary N) is 1. The average Bonchev–Trinajstić information content (AvgIpc) is 2.26. The third-order valence-corrected chi connectivity index (χ3v) is 2.14. The molecule has 0 aliphatic heterocycles. The van der Waals surface area contributed by atoms with Gasteiger partial charge in [-0.15, -0.1) is 12.4 Å². The molecule has 0 bridgehead atoms. The maximum Gasteiger partial charge on any atom is 0.253 e. The van der Waals surface area contributed by atoms with Gasteiger partial charge >= 0.3 is 0 Å². The topological polar surface area (TPSA) is 55.6 Å². The number of halogens is 1. The third-order valence-electron chi connectivity index (χ3n) is 2.14. The first-order valence-electron chi connectivity index (χ1n) is 4.75. The summed E-state index contributed by atoms with van der Waals surface area (Å²) in [6, 6.07) is 6.89. The van der Waals surface area contributed by atoms with Crippen LogP contribution in [-0.2, 0) is 4.74 Å². The van der Waals surface area contributed by atoms with Crippen LogP contribution in [0.1, 0.15) is 10.4 Å². The van der Waals surface area contributed by atoms with Gasteiger partial charge in [0.25, 0.3) is 5.91 Å². The first kappa shape index (κ1) is 14.7. The fourth-order valence-electron chi connectivity index (χ4n) is 1.18. The minimum atomic E-state index is -0.0212. The largest absolute Gasteiger partial charge is 0.399 e. The standard InChI is InChI=1S/C11H16N2O2.ClH/c1-13(7-8-15-2)11(14)9-3-5-10(12)6-4-9;/h3-6H,7-8,12H2,1-2H3;1H. The van der Waals surface area contributed by atoms with Crippen molar-refractivity contribution in [3.63, 3.8) is 0 Å². The maximum absolute atomic E-state index is 11.8. The van der Waals surface area contributed by atoms with Gasteiger partial charge in [0, 0.05) is 32.0 Å². The van der Waals surface area contributed by atoms with Gasteiger partial charge in [0.2, 0.25) is 0 Å². The van der Waals surface area contributed by atoms with E-state index in [2.05, 4.69) is 0 Å². The van der Waals surface area contributed by atoms with Crippen LogP contribution in [0.3, 0.4) is 0 Å². The van der Waals surface area contributed by atoms with Gasteiger partial charge < -0.3 is 15.4 Å². The molecule has 0 fully saturated rings. The Morgan fingerprint density at radius 3 is 2.44 bits per heavy atom. The van der Waals surface area contributed by atoms with Crippen LogP contribution in [0.2, 0.25) is 0 Å². The van der Waals surface area contributed by atoms with Crippen LogP contribution in [0.15, 0.2) is 24.3 Å². The molecule has 0 saturated carbocycles. The highest BCUT2D eigenvalue weighted by Gasteiger charge is 2.10. The fraction of sp³-hybridized carbons (Fsp3) is 0.364. The fourth-order valence-corrected chi connectivity index (χ4v) is 1.18. The molecular formula is C11H17ClN2O2. The van der Waals surface area contributed by atoms with E-state index in [0.29, 0.717) is 24.4 Å². The van der Waals surface area contributed by atoms with Gasteiger partial charge in [-0.05, 0) is 24.3 Å². The molecule has 2 N–H and O–H groups in total. The summed E-state index contributed by atoms with van der Waals surface area (Å²) in [6.45, 7) is 1.12. The van der Waals surface area contributed by atoms with Crippen LogP contribution in [0.25, 0.3) is 0 Å². The van der Waals surface area contributed by atoms with E-state index in [9.17, 15) is 4.79 Å². The molecule has 90 valence electrons. The Kier molecular flexibility index (Phi) is 6.53. The lowest BCUT2D eigenvalue weighted by Crippen LogP contribution is -2.29. The highest BCUT2D eigenvalue weighted by molar-refractivity contribution is 5.94. The molecule has 0 aliphatic carbocycles. The minimum absolute atomic E-state index is 0. The summed E-state index contributed by atoms with van der Waals surface area (Å²) in [5.41, 5.74) is 6.84. The first-order valence-corrected chi connectivity index (χ1v) is 4.75. The lowest BCUT2D eigenvalue weighted by molar-refractivity contribution is 0.0744. The number of amides is 1. The van der Waals surface area contributed by atoms with Gasteiger partial charge in [-0.1, -0.05) is 0 Å². The summed E-state index contributed by atoms with van der Waals surface area (Å²) >= 11 is 0. The zero-order chi connectivity index (χ0) is 11.3. The molecular weight excluding hydrogens is 228 g/mol. The van der Waals surface area contributed by atoms with Crippen LogP contribution >= 0.6 is 12.4 Å². The number of hydrogen-bond acceptors (Lipinski definition) is 3. The zero-order valence-electron chi connectivity index (χ0n) is 9.47. The lowest BCUT2D eigenvalue weighted by Gasteiger charge is -2.16. The Morgan fingerprint density at radius 1 is 1.38 bits per heavy atom. The van der Waals surface area contributed by atoms with E-state index in [1.165, 1.54) is 0 Å². The number of methoxy groups -OCH3 is 1. The smallest absolute Gasteiger partial charge is 0.253 e. The lowest BCUT2D eigenvalue weighted by atomic mass is 10.2. The molecule has 1 amide bonds. The van der Waals surface area contributed by atoms with Crippen molar-refractivity contribution in [3.05, 3.63) is 29.8 Å². The van der Waals surface area contributed by atoms with Gasteiger partial charge in [-0.2, -0.15) is 0 Å². The summed E-state index contributed by atoms with van der Waals surface area (Å²) < 4.78 is 4.90. The summed E-state index contributed by atoms with van der Waals surface area (Å²) in [4.78, 5) is 13.4. The number of benzene rings is 1. The van der Waals surface area contributed by atoms with Crippen molar-refractivity contribution in [1.82, 2.24) is 4.90 Å². The number of nitrogen functional groups attached to an aromatic ring is 1. The van der Waals surface area contributed by atoms with Gasteiger partial charge in [0.15, 0.2) is 0 Å². The van der Waals surface area contributed by atoms with Crippen molar-refractivity contribution in [1.29, 1.82) is 0 Å². The normalized spacial score (nSPS) is 9.38. The number of carbonyl (C=O) groups excluding carboxylic acids is 1. The van der Waals surface area contributed by atoms with Crippen LogP contribution in [0.5, 0.6) is 0 Å². The molecule has 0 aromatic heterocycles. The Labute approximate surface area is 102 Å². The number of anilines is 1. The monoisotopic (exact) mass is 244 g/mol. The SMILES string of the molecule is COCCN(C)C(=O)c1ccc(N)cc1.Cl. The Balaban J connectivity index is 0.00000225. The molecule has 0 radical (unpaired) electrons. The quantitative estimate of drug-likeness (QED) is 0.815. The number of hydrogen-bond donors (Lipinski definition) is 1. The summed E-state index contributed by atoms with van der Waals surface area (Å²) in [7, 11) is 3.36. The van der Waals surface area contributed by atoms with Crippen molar-refractivity contribution >= 4 is 24.0 Å². The number of rotatable bonds is 4. The van der Waals surface area contributed by atoms with Crippen LogP contribution in [0.4, 0.5) is 5.69 Å². The molecule has 0 atom stereocenters. The molecule has 1 aromatic carbocycles. The van der Waals surface area contributed by atoms with Gasteiger partial charge in [0.05, 0.1) is 6.61 Å². The molecule has 1 aromatic rings. The molecule has 0 aliphatic rings. The molecule has 5 heteroatoms. The summed E-state index contributed by atoms with van der Waals surface area (Å²) in [6.07, 6.45) is 0. The maximum atomic E-state index is 11.8. The Hall–Kier alpha value is -1.26. The Bertz CT molecular complexity index is 327. The minimum Gasteiger partial charge on any atom is -0.399 e.